The monoisotopic (exact) mass is 496 g/mol. The molecule has 1 atom stereocenters. The molecule has 3 aromatic rings. The van der Waals surface area contributed by atoms with Gasteiger partial charge in [0.25, 0.3) is 5.91 Å². The Morgan fingerprint density at radius 3 is 2.76 bits per heavy atom. The molecular weight excluding hydrogens is 468 g/mol. The van der Waals surface area contributed by atoms with Gasteiger partial charge in [0.2, 0.25) is 0 Å². The number of nitriles is 1. The van der Waals surface area contributed by atoms with Crippen LogP contribution in [-0.2, 0) is 36.3 Å². The summed E-state index contributed by atoms with van der Waals surface area (Å²) in [6.07, 6.45) is 5.61. The van der Waals surface area contributed by atoms with Crippen LogP contribution in [0.25, 0.3) is 0 Å². The highest BCUT2D eigenvalue weighted by molar-refractivity contribution is 5.94. The average Bonchev–Trinajstić information content (AvgIpc) is 2.90. The van der Waals surface area contributed by atoms with Gasteiger partial charge in [0.15, 0.2) is 0 Å². The number of rotatable bonds is 5. The molecule has 3 aliphatic rings. The molecule has 1 saturated heterocycles. The number of fused-ring (bicyclic) bond motifs is 2. The predicted octanol–water partition coefficient (Wildman–Crippen LogP) is 2.28. The van der Waals surface area contributed by atoms with E-state index in [0.717, 1.165) is 60.1 Å². The summed E-state index contributed by atoms with van der Waals surface area (Å²) in [6, 6.07) is 9.79. The van der Waals surface area contributed by atoms with Crippen LogP contribution in [0.5, 0.6) is 0 Å². The van der Waals surface area contributed by atoms with E-state index in [0.29, 0.717) is 31.0 Å². The van der Waals surface area contributed by atoms with Crippen LogP contribution in [0.15, 0.2) is 36.7 Å². The van der Waals surface area contributed by atoms with E-state index in [2.05, 4.69) is 36.4 Å². The smallest absolute Gasteiger partial charge is 0.251 e. The van der Waals surface area contributed by atoms with Crippen molar-refractivity contribution in [2.75, 3.05) is 36.0 Å². The van der Waals surface area contributed by atoms with Gasteiger partial charge in [-0.05, 0) is 48.2 Å². The lowest BCUT2D eigenvalue weighted by Crippen LogP contribution is -2.38. The van der Waals surface area contributed by atoms with Gasteiger partial charge in [-0.2, -0.15) is 15.5 Å². The highest BCUT2D eigenvalue weighted by atomic mass is 16.5. The van der Waals surface area contributed by atoms with E-state index in [1.165, 1.54) is 6.42 Å². The molecule has 5 heterocycles. The van der Waals surface area contributed by atoms with Crippen LogP contribution in [0.3, 0.4) is 0 Å². The zero-order chi connectivity index (χ0) is 25.4. The number of carbonyl (C=O) groups is 1. The SMILES string of the molecule is C[C@@]1(C#N)COCc2ccc(C(=O)NCc3cc4c(nn3)CCN(c3cncc(N5CCC5)n3)C4)cc21. The van der Waals surface area contributed by atoms with Crippen LogP contribution in [0.4, 0.5) is 11.6 Å². The molecule has 1 N–H and O–H groups in total. The van der Waals surface area contributed by atoms with Crippen molar-refractivity contribution in [1.82, 2.24) is 25.5 Å². The number of carbonyl (C=O) groups excluding carboxylic acids is 1. The van der Waals surface area contributed by atoms with Gasteiger partial charge in [-0.1, -0.05) is 6.07 Å². The summed E-state index contributed by atoms with van der Waals surface area (Å²) >= 11 is 0. The third kappa shape index (κ3) is 4.47. The molecule has 0 unspecified atom stereocenters. The van der Waals surface area contributed by atoms with Crippen molar-refractivity contribution < 1.29 is 9.53 Å². The maximum Gasteiger partial charge on any atom is 0.251 e. The predicted molar refractivity (Wildman–Crippen MR) is 136 cm³/mol. The molecule has 1 amide bonds. The fraction of sp³-hybridized carbons (Fsp3) is 0.407. The maximum atomic E-state index is 12.9. The summed E-state index contributed by atoms with van der Waals surface area (Å²) in [6.45, 7) is 6.41. The van der Waals surface area contributed by atoms with Gasteiger partial charge >= 0.3 is 0 Å². The normalized spacial score (nSPS) is 20.3. The molecule has 1 fully saturated rings. The quantitative estimate of drug-likeness (QED) is 0.567. The van der Waals surface area contributed by atoms with E-state index < -0.39 is 5.41 Å². The Labute approximate surface area is 215 Å². The Kier molecular flexibility index (Phi) is 5.93. The van der Waals surface area contributed by atoms with E-state index in [1.807, 2.05) is 37.5 Å². The molecule has 1 aromatic carbocycles. The minimum Gasteiger partial charge on any atom is -0.375 e. The number of anilines is 2. The maximum absolute atomic E-state index is 12.9. The Hall–Kier alpha value is -4.10. The molecule has 0 saturated carbocycles. The highest BCUT2D eigenvalue weighted by Crippen LogP contribution is 2.32. The molecule has 0 bridgehead atoms. The Balaban J connectivity index is 1.14. The zero-order valence-corrected chi connectivity index (χ0v) is 20.8. The Morgan fingerprint density at radius 2 is 1.97 bits per heavy atom. The van der Waals surface area contributed by atoms with E-state index in [-0.39, 0.29) is 12.5 Å². The molecule has 3 aliphatic heterocycles. The van der Waals surface area contributed by atoms with E-state index in [4.69, 9.17) is 9.72 Å². The standard InChI is InChI=1S/C27H28N8O2/c1-27(16-28)17-37-15-19-4-3-18(10-22(19)27)26(36)30-11-21-9-20-14-35(8-5-23(20)33-32-21)25-13-29-12-24(31-25)34-6-2-7-34/h3-4,9-10,12-13H,2,5-8,11,14-15,17H2,1H3,(H,30,36)/t27-/m1/s1. The Bertz CT molecular complexity index is 1400. The molecule has 0 spiro atoms. The first-order valence-electron chi connectivity index (χ1n) is 12.6. The molecule has 188 valence electrons. The zero-order valence-electron chi connectivity index (χ0n) is 20.8. The van der Waals surface area contributed by atoms with Gasteiger partial charge in [0, 0.05) is 38.2 Å². The summed E-state index contributed by atoms with van der Waals surface area (Å²) in [4.78, 5) is 26.6. The summed E-state index contributed by atoms with van der Waals surface area (Å²) < 4.78 is 5.56. The lowest BCUT2D eigenvalue weighted by molar-refractivity contribution is 0.0757. The van der Waals surface area contributed by atoms with E-state index in [1.54, 1.807) is 6.07 Å². The molecule has 2 aromatic heterocycles. The van der Waals surface area contributed by atoms with Crippen LogP contribution < -0.4 is 15.1 Å². The Morgan fingerprint density at radius 1 is 1.14 bits per heavy atom. The number of benzene rings is 1. The number of nitrogens with one attached hydrogen (secondary N) is 1. The van der Waals surface area contributed by atoms with Crippen molar-refractivity contribution in [3.63, 3.8) is 0 Å². The van der Waals surface area contributed by atoms with Gasteiger partial charge in [0.1, 0.15) is 17.1 Å². The average molecular weight is 497 g/mol. The van der Waals surface area contributed by atoms with Crippen molar-refractivity contribution in [3.8, 4) is 6.07 Å². The molecule has 10 nitrogen and oxygen atoms in total. The molecule has 10 heteroatoms. The van der Waals surface area contributed by atoms with Crippen LogP contribution in [-0.4, -0.2) is 52.3 Å². The van der Waals surface area contributed by atoms with Gasteiger partial charge in [-0.15, -0.1) is 0 Å². The number of nitrogens with zero attached hydrogens (tertiary/aromatic N) is 7. The van der Waals surface area contributed by atoms with Gasteiger partial charge in [-0.3, -0.25) is 9.78 Å². The minimum atomic E-state index is -0.765. The van der Waals surface area contributed by atoms with Gasteiger partial charge < -0.3 is 19.9 Å². The number of hydrogen-bond acceptors (Lipinski definition) is 9. The number of hydrogen-bond donors (Lipinski definition) is 1. The topological polar surface area (TPSA) is 120 Å². The summed E-state index contributed by atoms with van der Waals surface area (Å²) in [5.74, 6) is 1.58. The summed E-state index contributed by atoms with van der Waals surface area (Å²) in [7, 11) is 0. The third-order valence-electron chi connectivity index (χ3n) is 7.40. The highest BCUT2D eigenvalue weighted by Gasteiger charge is 2.33. The molecule has 37 heavy (non-hydrogen) atoms. The minimum absolute atomic E-state index is 0.214. The fourth-order valence-corrected chi connectivity index (χ4v) is 5.02. The first-order chi connectivity index (χ1) is 18.0. The second-order valence-corrected chi connectivity index (χ2v) is 10.0. The first-order valence-corrected chi connectivity index (χ1v) is 12.6. The van der Waals surface area contributed by atoms with Crippen molar-refractivity contribution in [3.05, 3.63) is 70.3 Å². The van der Waals surface area contributed by atoms with Crippen LogP contribution in [0, 0.1) is 11.3 Å². The molecule has 6 rings (SSSR count). The van der Waals surface area contributed by atoms with Crippen molar-refractivity contribution in [1.29, 1.82) is 5.26 Å². The van der Waals surface area contributed by atoms with Crippen LogP contribution >= 0.6 is 0 Å². The summed E-state index contributed by atoms with van der Waals surface area (Å²) in [5, 5.41) is 21.4. The summed E-state index contributed by atoms with van der Waals surface area (Å²) in [5.41, 5.74) is 4.30. The second-order valence-electron chi connectivity index (χ2n) is 10.0. The molecule has 0 radical (unpaired) electrons. The number of amides is 1. The third-order valence-corrected chi connectivity index (χ3v) is 7.40. The van der Waals surface area contributed by atoms with E-state index in [9.17, 15) is 10.1 Å². The van der Waals surface area contributed by atoms with Crippen LogP contribution in [0.1, 0.15) is 51.8 Å². The van der Waals surface area contributed by atoms with Crippen molar-refractivity contribution >= 4 is 17.5 Å². The van der Waals surface area contributed by atoms with Crippen molar-refractivity contribution in [2.24, 2.45) is 0 Å². The van der Waals surface area contributed by atoms with Crippen LogP contribution in [0.2, 0.25) is 0 Å². The van der Waals surface area contributed by atoms with Gasteiger partial charge in [-0.25, -0.2) is 4.98 Å². The lowest BCUT2D eigenvalue weighted by Gasteiger charge is -2.33. The first kappa shape index (κ1) is 23.3. The second kappa shape index (κ2) is 9.41. The van der Waals surface area contributed by atoms with Gasteiger partial charge in [0.05, 0.1) is 49.6 Å². The van der Waals surface area contributed by atoms with E-state index >= 15 is 0 Å². The molecular formula is C27H28N8O2. The number of aromatic nitrogens is 4. The van der Waals surface area contributed by atoms with Crippen molar-refractivity contribution in [2.45, 2.75) is 44.9 Å². The number of ether oxygens (including phenoxy) is 1. The molecule has 0 aliphatic carbocycles. The fourth-order valence-electron chi connectivity index (χ4n) is 5.02. The largest absolute Gasteiger partial charge is 0.375 e. The lowest BCUT2D eigenvalue weighted by atomic mass is 9.79.